The molecular formula is C9H18ClNO2. The van der Waals surface area contributed by atoms with E-state index in [9.17, 15) is 4.79 Å². The number of rotatable bonds is 4. The van der Waals surface area contributed by atoms with Crippen molar-refractivity contribution in [1.82, 2.24) is 0 Å². The van der Waals surface area contributed by atoms with Gasteiger partial charge in [-0.2, -0.15) is 0 Å². The first-order valence-electron chi connectivity index (χ1n) is 4.03. The normalized spacial score (nSPS) is 10.2. The van der Waals surface area contributed by atoms with Gasteiger partial charge in [-0.15, -0.1) is 0 Å². The van der Waals surface area contributed by atoms with Gasteiger partial charge in [-0.05, 0) is 13.8 Å². The molecule has 0 radical (unpaired) electrons. The molecule has 0 aromatic heterocycles. The average molecular weight is 208 g/mol. The number of carbonyl (C=O) groups excluding carboxylic acids is 1. The molecule has 0 spiro atoms. The summed E-state index contributed by atoms with van der Waals surface area (Å²) >= 11 is 0. The molecule has 0 rings (SSSR count). The molecule has 0 saturated carbocycles. The van der Waals surface area contributed by atoms with E-state index in [2.05, 4.69) is 13.5 Å². The van der Waals surface area contributed by atoms with Crippen LogP contribution in [-0.4, -0.2) is 37.8 Å². The van der Waals surface area contributed by atoms with Crippen LogP contribution in [-0.2, 0) is 9.53 Å². The molecule has 0 atom stereocenters. The van der Waals surface area contributed by atoms with Crippen molar-refractivity contribution >= 4 is 5.97 Å². The van der Waals surface area contributed by atoms with E-state index in [1.165, 1.54) is 0 Å². The van der Waals surface area contributed by atoms with Crippen LogP contribution in [0.25, 0.3) is 0 Å². The highest BCUT2D eigenvalue weighted by molar-refractivity contribution is 5.86. The summed E-state index contributed by atoms with van der Waals surface area (Å²) in [5, 5.41) is 0. The summed E-state index contributed by atoms with van der Waals surface area (Å²) in [4.78, 5) is 11.0. The van der Waals surface area contributed by atoms with E-state index in [0.29, 0.717) is 16.8 Å². The maximum Gasteiger partial charge on any atom is 0.337 e. The quantitative estimate of drug-likeness (QED) is 0.235. The van der Waals surface area contributed by atoms with E-state index < -0.39 is 0 Å². The van der Waals surface area contributed by atoms with Crippen LogP contribution in [0, 0.1) is 0 Å². The number of ether oxygens (including phenoxy) is 1. The van der Waals surface area contributed by atoms with Crippen LogP contribution in [0.15, 0.2) is 12.2 Å². The Balaban J connectivity index is 0. The Kier molecular flexibility index (Phi) is 6.90. The van der Waals surface area contributed by atoms with Crippen LogP contribution < -0.4 is 12.4 Å². The first-order valence-corrected chi connectivity index (χ1v) is 4.03. The molecular weight excluding hydrogens is 190 g/mol. The van der Waals surface area contributed by atoms with Gasteiger partial charge in [0.2, 0.25) is 6.73 Å². The SMILES string of the molecule is C=C(C)C(=O)OC[N+](C)(C)CC.[Cl-]. The number of carbonyl (C=O) groups is 1. The Morgan fingerprint density at radius 2 is 1.92 bits per heavy atom. The highest BCUT2D eigenvalue weighted by atomic mass is 35.5. The molecule has 13 heavy (non-hydrogen) atoms. The predicted molar refractivity (Wildman–Crippen MR) is 48.4 cm³/mol. The second-order valence-corrected chi connectivity index (χ2v) is 3.59. The van der Waals surface area contributed by atoms with Gasteiger partial charge < -0.3 is 17.1 Å². The monoisotopic (exact) mass is 207 g/mol. The van der Waals surface area contributed by atoms with Gasteiger partial charge in [-0.3, -0.25) is 4.48 Å². The van der Waals surface area contributed by atoms with Crippen molar-refractivity contribution in [2.75, 3.05) is 27.4 Å². The predicted octanol–water partition coefficient (Wildman–Crippen LogP) is -1.84. The van der Waals surface area contributed by atoms with Gasteiger partial charge in [0.15, 0.2) is 0 Å². The van der Waals surface area contributed by atoms with Gasteiger partial charge in [0.05, 0.1) is 20.6 Å². The zero-order chi connectivity index (χ0) is 9.78. The van der Waals surface area contributed by atoms with Crippen molar-refractivity contribution in [3.63, 3.8) is 0 Å². The first kappa shape index (κ1) is 15.0. The molecule has 0 aromatic carbocycles. The molecule has 0 aliphatic rings. The van der Waals surface area contributed by atoms with Crippen LogP contribution >= 0.6 is 0 Å². The zero-order valence-electron chi connectivity index (χ0n) is 8.76. The van der Waals surface area contributed by atoms with Crippen molar-refractivity contribution in [3.8, 4) is 0 Å². The first-order chi connectivity index (χ1) is 5.39. The standard InChI is InChI=1S/C9H18NO2.ClH/c1-6-10(4,5)7-12-9(11)8(2)3;/h2,6-7H2,1,3-5H3;1H/q+1;/p-1. The Morgan fingerprint density at radius 3 is 2.23 bits per heavy atom. The van der Waals surface area contributed by atoms with E-state index in [0.717, 1.165) is 6.54 Å². The largest absolute Gasteiger partial charge is 1.00 e. The lowest BCUT2D eigenvalue weighted by Crippen LogP contribution is -3.00. The van der Waals surface area contributed by atoms with Crippen molar-refractivity contribution in [3.05, 3.63) is 12.2 Å². The number of hydrogen-bond acceptors (Lipinski definition) is 2. The van der Waals surface area contributed by atoms with Crippen molar-refractivity contribution in [2.24, 2.45) is 0 Å². The summed E-state index contributed by atoms with van der Waals surface area (Å²) in [6.07, 6.45) is 0. The van der Waals surface area contributed by atoms with E-state index in [-0.39, 0.29) is 18.4 Å². The fraction of sp³-hybridized carbons (Fsp3) is 0.667. The Morgan fingerprint density at radius 1 is 1.46 bits per heavy atom. The summed E-state index contributed by atoms with van der Waals surface area (Å²) in [6.45, 7) is 8.54. The Hall–Kier alpha value is -0.540. The van der Waals surface area contributed by atoms with Gasteiger partial charge in [0, 0.05) is 5.57 Å². The average Bonchev–Trinajstić information content (AvgIpc) is 2.00. The summed E-state index contributed by atoms with van der Waals surface area (Å²) in [5.74, 6) is -0.311. The minimum atomic E-state index is -0.311. The van der Waals surface area contributed by atoms with Gasteiger partial charge in [-0.25, -0.2) is 4.79 Å². The maximum absolute atomic E-state index is 11.0. The van der Waals surface area contributed by atoms with Crippen molar-refractivity contribution < 1.29 is 26.4 Å². The summed E-state index contributed by atoms with van der Waals surface area (Å²) < 4.78 is 5.67. The smallest absolute Gasteiger partial charge is 0.337 e. The Labute approximate surface area is 86.4 Å². The molecule has 0 unspecified atom stereocenters. The molecule has 0 aromatic rings. The van der Waals surface area contributed by atoms with Crippen LogP contribution in [0.1, 0.15) is 13.8 Å². The Bertz CT molecular complexity index is 190. The lowest BCUT2D eigenvalue weighted by atomic mass is 10.4. The molecule has 0 amide bonds. The van der Waals surface area contributed by atoms with E-state index in [1.807, 2.05) is 14.1 Å². The van der Waals surface area contributed by atoms with Crippen LogP contribution in [0.4, 0.5) is 0 Å². The van der Waals surface area contributed by atoms with E-state index >= 15 is 0 Å². The minimum absolute atomic E-state index is 0. The second kappa shape index (κ2) is 6.00. The maximum atomic E-state index is 11.0. The summed E-state index contributed by atoms with van der Waals surface area (Å²) in [7, 11) is 4.01. The van der Waals surface area contributed by atoms with E-state index in [1.54, 1.807) is 6.92 Å². The fourth-order valence-corrected chi connectivity index (χ4v) is 0.448. The van der Waals surface area contributed by atoms with Crippen molar-refractivity contribution in [2.45, 2.75) is 13.8 Å². The zero-order valence-corrected chi connectivity index (χ0v) is 9.52. The molecule has 0 fully saturated rings. The van der Waals surface area contributed by atoms with Gasteiger partial charge in [0.1, 0.15) is 0 Å². The third-order valence-corrected chi connectivity index (χ3v) is 1.75. The van der Waals surface area contributed by atoms with Crippen LogP contribution in [0.5, 0.6) is 0 Å². The third kappa shape index (κ3) is 6.61. The lowest BCUT2D eigenvalue weighted by Gasteiger charge is -2.26. The molecule has 0 aliphatic carbocycles. The molecule has 0 saturated heterocycles. The number of nitrogens with zero attached hydrogens (tertiary/aromatic N) is 1. The van der Waals surface area contributed by atoms with Gasteiger partial charge in [0.25, 0.3) is 0 Å². The molecule has 0 aliphatic heterocycles. The fourth-order valence-electron chi connectivity index (χ4n) is 0.448. The minimum Gasteiger partial charge on any atom is -1.00 e. The molecule has 4 heteroatoms. The topological polar surface area (TPSA) is 26.3 Å². The summed E-state index contributed by atoms with van der Waals surface area (Å²) in [5.41, 5.74) is 0.450. The number of hydrogen-bond donors (Lipinski definition) is 0. The second-order valence-electron chi connectivity index (χ2n) is 3.59. The lowest BCUT2D eigenvalue weighted by molar-refractivity contribution is -0.905. The molecule has 0 heterocycles. The number of quaternary nitrogens is 1. The van der Waals surface area contributed by atoms with Crippen LogP contribution in [0.3, 0.4) is 0 Å². The highest BCUT2D eigenvalue weighted by Gasteiger charge is 2.14. The molecule has 78 valence electrons. The van der Waals surface area contributed by atoms with Crippen molar-refractivity contribution in [1.29, 1.82) is 0 Å². The third-order valence-electron chi connectivity index (χ3n) is 1.75. The number of esters is 1. The summed E-state index contributed by atoms with van der Waals surface area (Å²) in [6, 6.07) is 0. The molecule has 0 bridgehead atoms. The van der Waals surface area contributed by atoms with E-state index in [4.69, 9.17) is 4.74 Å². The van der Waals surface area contributed by atoms with Crippen LogP contribution in [0.2, 0.25) is 0 Å². The highest BCUT2D eigenvalue weighted by Crippen LogP contribution is 1.99. The molecule has 3 nitrogen and oxygen atoms in total. The molecule has 0 N–H and O–H groups in total. The number of halogens is 1. The van der Waals surface area contributed by atoms with Gasteiger partial charge >= 0.3 is 5.97 Å². The van der Waals surface area contributed by atoms with Gasteiger partial charge in [-0.1, -0.05) is 6.58 Å².